The molecule has 0 aliphatic carbocycles. The van der Waals surface area contributed by atoms with E-state index in [0.717, 1.165) is 12.3 Å². The van der Waals surface area contributed by atoms with E-state index in [1.165, 1.54) is 24.0 Å². The molecule has 1 rings (SSSR count). The summed E-state index contributed by atoms with van der Waals surface area (Å²) < 4.78 is 0. The second-order valence-electron chi connectivity index (χ2n) is 4.03. The molecule has 0 aliphatic rings. The Hall–Kier alpha value is -0.490. The molecule has 0 nitrogen and oxygen atoms in total. The van der Waals surface area contributed by atoms with Crippen LogP contribution in [0.4, 0.5) is 0 Å². The lowest BCUT2D eigenvalue weighted by Crippen LogP contribution is -2.01. The maximum absolute atomic E-state index is 5.80. The third-order valence-electron chi connectivity index (χ3n) is 2.38. The lowest BCUT2D eigenvalue weighted by Gasteiger charge is -2.08. The minimum absolute atomic E-state index is 0.577. The van der Waals surface area contributed by atoms with E-state index < -0.39 is 0 Å². The Morgan fingerprint density at radius 3 is 2.64 bits per heavy atom. The maximum atomic E-state index is 5.80. The van der Waals surface area contributed by atoms with Gasteiger partial charge in [-0.3, -0.25) is 0 Å². The Kier molecular flexibility index (Phi) is 5.03. The number of hydrogen-bond donors (Lipinski definition) is 0. The Bertz CT molecular complexity index is 268. The molecule has 0 aliphatic heterocycles. The highest BCUT2D eigenvalue weighted by Gasteiger charge is 2.02. The highest BCUT2D eigenvalue weighted by Crippen LogP contribution is 2.13. The first kappa shape index (κ1) is 11.6. The first-order valence-corrected chi connectivity index (χ1v) is 5.93. The monoisotopic (exact) mass is 210 g/mol. The molecule has 1 heteroatoms. The second kappa shape index (κ2) is 6.08. The molecule has 1 unspecified atom stereocenters. The number of alkyl halides is 1. The molecule has 0 saturated carbocycles. The smallest absolute Gasteiger partial charge is 0.0252 e. The van der Waals surface area contributed by atoms with Gasteiger partial charge in [0.2, 0.25) is 0 Å². The van der Waals surface area contributed by atoms with Gasteiger partial charge in [-0.05, 0) is 29.9 Å². The van der Waals surface area contributed by atoms with Crippen molar-refractivity contribution in [3.63, 3.8) is 0 Å². The first-order chi connectivity index (χ1) is 6.76. The van der Waals surface area contributed by atoms with Crippen molar-refractivity contribution >= 4 is 11.6 Å². The van der Waals surface area contributed by atoms with Gasteiger partial charge in [0.05, 0.1) is 0 Å². The Morgan fingerprint density at radius 2 is 2.00 bits per heavy atom. The van der Waals surface area contributed by atoms with Crippen molar-refractivity contribution in [2.75, 3.05) is 5.88 Å². The quantitative estimate of drug-likeness (QED) is 0.644. The molecular formula is C13H19Cl. The van der Waals surface area contributed by atoms with Crippen LogP contribution in [0.3, 0.4) is 0 Å². The molecule has 14 heavy (non-hydrogen) atoms. The predicted molar refractivity (Wildman–Crippen MR) is 64.0 cm³/mol. The molecule has 1 aromatic rings. The van der Waals surface area contributed by atoms with E-state index in [9.17, 15) is 0 Å². The van der Waals surface area contributed by atoms with Gasteiger partial charge in [-0.15, -0.1) is 11.6 Å². The third kappa shape index (κ3) is 3.71. The van der Waals surface area contributed by atoms with Crippen molar-refractivity contribution in [3.8, 4) is 0 Å². The van der Waals surface area contributed by atoms with Crippen LogP contribution in [0.2, 0.25) is 0 Å². The summed E-state index contributed by atoms with van der Waals surface area (Å²) in [6.07, 6.45) is 3.50. The van der Waals surface area contributed by atoms with E-state index in [1.54, 1.807) is 0 Å². The Balaban J connectivity index is 2.63. The summed E-state index contributed by atoms with van der Waals surface area (Å²) >= 11 is 5.80. The molecule has 0 radical (unpaired) electrons. The van der Waals surface area contributed by atoms with Crippen LogP contribution in [0, 0.1) is 5.92 Å². The molecule has 0 fully saturated rings. The minimum Gasteiger partial charge on any atom is -0.126 e. The molecule has 78 valence electrons. The molecular weight excluding hydrogens is 192 g/mol. The zero-order chi connectivity index (χ0) is 10.4. The van der Waals surface area contributed by atoms with Crippen molar-refractivity contribution in [1.29, 1.82) is 0 Å². The standard InChI is InChI=1S/C13H19Cl/c1-3-5-12-6-4-7-13(9-12)8-11(2)10-14/h4,6-7,9,11H,3,5,8,10H2,1-2H3. The van der Waals surface area contributed by atoms with Gasteiger partial charge in [-0.25, -0.2) is 0 Å². The van der Waals surface area contributed by atoms with Crippen LogP contribution in [-0.4, -0.2) is 5.88 Å². The highest BCUT2D eigenvalue weighted by molar-refractivity contribution is 6.18. The van der Waals surface area contributed by atoms with Crippen LogP contribution >= 0.6 is 11.6 Å². The lowest BCUT2D eigenvalue weighted by atomic mass is 9.99. The maximum Gasteiger partial charge on any atom is 0.0252 e. The fourth-order valence-corrected chi connectivity index (χ4v) is 1.77. The normalized spacial score (nSPS) is 12.8. The fourth-order valence-electron chi connectivity index (χ4n) is 1.66. The second-order valence-corrected chi connectivity index (χ2v) is 4.34. The zero-order valence-corrected chi connectivity index (χ0v) is 9.85. The van der Waals surface area contributed by atoms with Gasteiger partial charge >= 0.3 is 0 Å². The van der Waals surface area contributed by atoms with Crippen LogP contribution in [0.5, 0.6) is 0 Å². The van der Waals surface area contributed by atoms with E-state index in [-0.39, 0.29) is 0 Å². The Labute approximate surface area is 92.3 Å². The highest BCUT2D eigenvalue weighted by atomic mass is 35.5. The third-order valence-corrected chi connectivity index (χ3v) is 2.90. The number of benzene rings is 1. The first-order valence-electron chi connectivity index (χ1n) is 5.40. The summed E-state index contributed by atoms with van der Waals surface area (Å²) in [5, 5.41) is 0. The largest absolute Gasteiger partial charge is 0.126 e. The summed E-state index contributed by atoms with van der Waals surface area (Å²) in [5.74, 6) is 1.33. The van der Waals surface area contributed by atoms with Gasteiger partial charge in [0.1, 0.15) is 0 Å². The molecule has 0 aromatic heterocycles. The van der Waals surface area contributed by atoms with E-state index >= 15 is 0 Å². The number of halogens is 1. The van der Waals surface area contributed by atoms with Crippen molar-refractivity contribution < 1.29 is 0 Å². The molecule has 0 N–H and O–H groups in total. The van der Waals surface area contributed by atoms with Gasteiger partial charge in [-0.2, -0.15) is 0 Å². The molecule has 0 bridgehead atoms. The SMILES string of the molecule is CCCc1cccc(CC(C)CCl)c1. The molecule has 0 spiro atoms. The van der Waals surface area contributed by atoms with Crippen LogP contribution in [-0.2, 0) is 12.8 Å². The van der Waals surface area contributed by atoms with Gasteiger partial charge < -0.3 is 0 Å². The van der Waals surface area contributed by atoms with Gasteiger partial charge in [0.15, 0.2) is 0 Å². The fraction of sp³-hybridized carbons (Fsp3) is 0.538. The topological polar surface area (TPSA) is 0 Å². The number of hydrogen-bond acceptors (Lipinski definition) is 0. The van der Waals surface area contributed by atoms with Crippen molar-refractivity contribution in [2.24, 2.45) is 5.92 Å². The van der Waals surface area contributed by atoms with Crippen LogP contribution < -0.4 is 0 Å². The van der Waals surface area contributed by atoms with Gasteiger partial charge in [0, 0.05) is 5.88 Å². The van der Waals surface area contributed by atoms with E-state index in [1.807, 2.05) is 0 Å². The lowest BCUT2D eigenvalue weighted by molar-refractivity contribution is 0.654. The predicted octanol–water partition coefficient (Wildman–Crippen LogP) is 4.06. The minimum atomic E-state index is 0.577. The molecule has 1 atom stereocenters. The van der Waals surface area contributed by atoms with E-state index in [2.05, 4.69) is 38.1 Å². The summed E-state index contributed by atoms with van der Waals surface area (Å²) in [6.45, 7) is 4.41. The summed E-state index contributed by atoms with van der Waals surface area (Å²) in [4.78, 5) is 0. The zero-order valence-electron chi connectivity index (χ0n) is 9.09. The average molecular weight is 211 g/mol. The van der Waals surface area contributed by atoms with Crippen molar-refractivity contribution in [1.82, 2.24) is 0 Å². The molecule has 0 amide bonds. The van der Waals surface area contributed by atoms with Gasteiger partial charge in [-0.1, -0.05) is 44.5 Å². The summed E-state index contributed by atoms with van der Waals surface area (Å²) in [7, 11) is 0. The number of aryl methyl sites for hydroxylation is 1. The number of rotatable bonds is 5. The molecule has 0 saturated heterocycles. The van der Waals surface area contributed by atoms with Gasteiger partial charge in [0.25, 0.3) is 0 Å². The van der Waals surface area contributed by atoms with E-state index in [4.69, 9.17) is 11.6 Å². The average Bonchev–Trinajstić information content (AvgIpc) is 2.19. The van der Waals surface area contributed by atoms with Crippen molar-refractivity contribution in [3.05, 3.63) is 35.4 Å². The van der Waals surface area contributed by atoms with Crippen molar-refractivity contribution in [2.45, 2.75) is 33.1 Å². The van der Waals surface area contributed by atoms with Crippen LogP contribution in [0.1, 0.15) is 31.4 Å². The van der Waals surface area contributed by atoms with Crippen LogP contribution in [0.25, 0.3) is 0 Å². The molecule has 0 heterocycles. The molecule has 1 aromatic carbocycles. The summed E-state index contributed by atoms with van der Waals surface area (Å²) in [5.41, 5.74) is 2.87. The summed E-state index contributed by atoms with van der Waals surface area (Å²) in [6, 6.07) is 8.87. The van der Waals surface area contributed by atoms with Crippen LogP contribution in [0.15, 0.2) is 24.3 Å². The van der Waals surface area contributed by atoms with E-state index in [0.29, 0.717) is 5.92 Å². The Morgan fingerprint density at radius 1 is 1.29 bits per heavy atom.